The molecular formula is C52H34N4OS. The van der Waals surface area contributed by atoms with Crippen LogP contribution in [0.4, 0.5) is 17.1 Å². The Balaban J connectivity index is 1.01. The highest BCUT2D eigenvalue weighted by molar-refractivity contribution is 7.99. The molecule has 1 atom stereocenters. The lowest BCUT2D eigenvalue weighted by atomic mass is 9.66. The van der Waals surface area contributed by atoms with Crippen LogP contribution in [-0.4, -0.2) is 11.7 Å². The predicted molar refractivity (Wildman–Crippen MR) is 234 cm³/mol. The fourth-order valence-electron chi connectivity index (χ4n) is 9.32. The first-order valence-corrected chi connectivity index (χ1v) is 20.4. The Kier molecular flexibility index (Phi) is 7.37. The normalized spacial score (nSPS) is 16.3. The molecule has 8 aromatic carbocycles. The molecule has 1 spiro atoms. The Morgan fingerprint density at radius 2 is 1.03 bits per heavy atom. The van der Waals surface area contributed by atoms with Gasteiger partial charge in [-0.1, -0.05) is 157 Å². The summed E-state index contributed by atoms with van der Waals surface area (Å²) in [6.07, 6.45) is -0.495. The van der Waals surface area contributed by atoms with Crippen molar-refractivity contribution >= 4 is 40.5 Å². The summed E-state index contributed by atoms with van der Waals surface area (Å²) < 4.78 is 7.03. The van der Waals surface area contributed by atoms with Crippen molar-refractivity contribution in [3.05, 3.63) is 233 Å². The Hall–Kier alpha value is -7.15. The van der Waals surface area contributed by atoms with Gasteiger partial charge in [0.1, 0.15) is 23.2 Å². The first-order chi connectivity index (χ1) is 28.8. The minimum Gasteiger partial charge on any atom is -0.456 e. The van der Waals surface area contributed by atoms with Gasteiger partial charge in [-0.2, -0.15) is 0 Å². The second-order valence-electron chi connectivity index (χ2n) is 14.9. The maximum Gasteiger partial charge on any atom is 0.169 e. The summed E-state index contributed by atoms with van der Waals surface area (Å²) in [5.74, 6) is 3.11. The van der Waals surface area contributed by atoms with E-state index in [0.29, 0.717) is 5.84 Å². The van der Waals surface area contributed by atoms with E-state index in [0.717, 1.165) is 50.8 Å². The first-order valence-electron chi connectivity index (χ1n) is 19.6. The quantitative estimate of drug-likeness (QED) is 0.194. The van der Waals surface area contributed by atoms with Crippen LogP contribution in [0, 0.1) is 0 Å². The van der Waals surface area contributed by atoms with Gasteiger partial charge in [-0.05, 0) is 76.3 Å². The molecule has 1 aliphatic carbocycles. The van der Waals surface area contributed by atoms with Gasteiger partial charge in [-0.15, -0.1) is 0 Å². The molecule has 8 aromatic rings. The summed E-state index contributed by atoms with van der Waals surface area (Å²) in [5, 5.41) is 3.67. The molecule has 6 heteroatoms. The zero-order valence-electron chi connectivity index (χ0n) is 31.2. The summed E-state index contributed by atoms with van der Waals surface area (Å²) in [7, 11) is 0. The van der Waals surface area contributed by atoms with Gasteiger partial charge in [0.05, 0.1) is 22.4 Å². The van der Waals surface area contributed by atoms with Crippen molar-refractivity contribution in [2.24, 2.45) is 9.98 Å². The smallest absolute Gasteiger partial charge is 0.169 e. The maximum absolute atomic E-state index is 7.03. The van der Waals surface area contributed by atoms with Gasteiger partial charge >= 0.3 is 0 Å². The van der Waals surface area contributed by atoms with E-state index in [2.05, 4.69) is 186 Å². The first kappa shape index (κ1) is 33.0. The van der Waals surface area contributed by atoms with Crippen molar-refractivity contribution < 1.29 is 4.74 Å². The van der Waals surface area contributed by atoms with E-state index in [-0.39, 0.29) is 0 Å². The predicted octanol–water partition coefficient (Wildman–Crippen LogP) is 12.6. The lowest BCUT2D eigenvalue weighted by Gasteiger charge is -2.40. The van der Waals surface area contributed by atoms with Gasteiger partial charge in [0.15, 0.2) is 6.17 Å². The van der Waals surface area contributed by atoms with Crippen molar-refractivity contribution in [1.29, 1.82) is 0 Å². The molecule has 5 nitrogen and oxygen atoms in total. The van der Waals surface area contributed by atoms with Crippen molar-refractivity contribution in [3.63, 3.8) is 0 Å². The second kappa shape index (κ2) is 12.9. The van der Waals surface area contributed by atoms with Crippen molar-refractivity contribution in [3.8, 4) is 22.6 Å². The van der Waals surface area contributed by atoms with Crippen LogP contribution in [0.3, 0.4) is 0 Å². The van der Waals surface area contributed by atoms with Crippen LogP contribution in [-0.2, 0) is 5.41 Å². The summed E-state index contributed by atoms with van der Waals surface area (Å²) in [6.45, 7) is 0. The van der Waals surface area contributed by atoms with Crippen LogP contribution in [0.2, 0.25) is 0 Å². The molecule has 3 aliphatic heterocycles. The highest BCUT2D eigenvalue weighted by atomic mass is 32.2. The van der Waals surface area contributed by atoms with Crippen LogP contribution in [0.15, 0.2) is 214 Å². The lowest BCUT2D eigenvalue weighted by molar-refractivity contribution is 0.435. The third-order valence-electron chi connectivity index (χ3n) is 11.8. The van der Waals surface area contributed by atoms with Crippen molar-refractivity contribution in [1.82, 2.24) is 5.32 Å². The highest BCUT2D eigenvalue weighted by Gasteiger charge is 2.51. The molecule has 0 radical (unpaired) electrons. The number of benzene rings is 8. The molecule has 58 heavy (non-hydrogen) atoms. The van der Waals surface area contributed by atoms with Crippen molar-refractivity contribution in [2.75, 3.05) is 4.90 Å². The molecule has 1 unspecified atom stereocenters. The SMILES string of the molecule is c1ccc(C2=NC(c3ccc(N4c5ccccc5Sc5ccccc54)cc3)N=C(c3cccc4c3Oc3ccccc3C43c4ccccc4-c4ccccc43)N2)cc1. The number of fused-ring (bicyclic) bond motifs is 11. The topological polar surface area (TPSA) is 49.2 Å². The van der Waals surface area contributed by atoms with Gasteiger partial charge < -0.3 is 15.0 Å². The third-order valence-corrected chi connectivity index (χ3v) is 12.9. The van der Waals surface area contributed by atoms with Gasteiger partial charge in [0.25, 0.3) is 0 Å². The molecule has 1 N–H and O–H groups in total. The number of hydrogen-bond acceptors (Lipinski definition) is 6. The number of nitrogens with one attached hydrogen (secondary N) is 1. The number of anilines is 3. The Bertz CT molecular complexity index is 2920. The molecule has 0 aromatic heterocycles. The fraction of sp³-hybridized carbons (Fsp3) is 0.0385. The number of para-hydroxylation sites is 4. The Morgan fingerprint density at radius 3 is 1.74 bits per heavy atom. The van der Waals surface area contributed by atoms with Gasteiger partial charge in [-0.25, -0.2) is 9.98 Å². The van der Waals surface area contributed by atoms with Gasteiger partial charge in [-0.3, -0.25) is 0 Å². The molecule has 12 rings (SSSR count). The zero-order chi connectivity index (χ0) is 38.2. The monoisotopic (exact) mass is 762 g/mol. The van der Waals surface area contributed by atoms with E-state index in [1.165, 1.54) is 43.4 Å². The molecule has 3 heterocycles. The minimum atomic E-state index is -0.571. The van der Waals surface area contributed by atoms with E-state index >= 15 is 0 Å². The summed E-state index contributed by atoms with van der Waals surface area (Å²) >= 11 is 1.81. The summed E-state index contributed by atoms with van der Waals surface area (Å²) in [5.41, 5.74) is 13.0. The van der Waals surface area contributed by atoms with E-state index in [4.69, 9.17) is 14.7 Å². The minimum absolute atomic E-state index is 0.495. The number of nitrogens with zero attached hydrogens (tertiary/aromatic N) is 3. The van der Waals surface area contributed by atoms with Crippen molar-refractivity contribution in [2.45, 2.75) is 21.4 Å². The van der Waals surface area contributed by atoms with Crippen LogP contribution in [0.5, 0.6) is 11.5 Å². The van der Waals surface area contributed by atoms with Crippen LogP contribution in [0.25, 0.3) is 11.1 Å². The molecule has 0 bridgehead atoms. The third kappa shape index (κ3) is 4.85. The summed E-state index contributed by atoms with van der Waals surface area (Å²) in [4.78, 5) is 15.5. The molecular weight excluding hydrogens is 729 g/mol. The van der Waals surface area contributed by atoms with Crippen LogP contribution >= 0.6 is 11.8 Å². The van der Waals surface area contributed by atoms with Gasteiger partial charge in [0.2, 0.25) is 0 Å². The molecule has 274 valence electrons. The molecule has 0 fully saturated rings. The number of hydrogen-bond donors (Lipinski definition) is 1. The average molecular weight is 763 g/mol. The van der Waals surface area contributed by atoms with Crippen LogP contribution in [0.1, 0.15) is 45.1 Å². The number of aliphatic imine (C=N–C) groups is 2. The van der Waals surface area contributed by atoms with Gasteiger partial charge in [0, 0.05) is 32.2 Å². The largest absolute Gasteiger partial charge is 0.456 e. The fourth-order valence-corrected chi connectivity index (χ4v) is 10.4. The zero-order valence-corrected chi connectivity index (χ0v) is 32.0. The Labute approximate surface area is 341 Å². The standard InChI is InChI=1S/C52H34N4OS/c1-2-15-33(16-3-1)49-53-50(34-29-31-35(32-30-34)56-43-24-9-12-27-46(43)58-47-28-13-10-25-44(47)56)55-51(54-49)38-19-14-23-42-48(38)57-45-26-11-8-22-41(45)52(42)39-20-6-4-17-36(39)37-18-5-7-21-40(37)52/h1-32,50H,(H,53,54,55). The number of amidine groups is 2. The highest BCUT2D eigenvalue weighted by Crippen LogP contribution is 2.62. The lowest BCUT2D eigenvalue weighted by Crippen LogP contribution is -2.37. The van der Waals surface area contributed by atoms with Crippen LogP contribution < -0.4 is 15.0 Å². The second-order valence-corrected chi connectivity index (χ2v) is 16.0. The average Bonchev–Trinajstić information content (AvgIpc) is 3.59. The van der Waals surface area contributed by atoms with E-state index in [9.17, 15) is 0 Å². The molecule has 0 amide bonds. The van der Waals surface area contributed by atoms with E-state index < -0.39 is 11.6 Å². The molecule has 0 saturated heterocycles. The summed E-state index contributed by atoms with van der Waals surface area (Å²) in [6, 6.07) is 68.9. The molecule has 4 aliphatic rings. The maximum atomic E-state index is 7.03. The number of ether oxygens (including phenoxy) is 1. The van der Waals surface area contributed by atoms with E-state index in [1.54, 1.807) is 0 Å². The Morgan fingerprint density at radius 1 is 0.483 bits per heavy atom. The molecule has 0 saturated carbocycles. The van der Waals surface area contributed by atoms with E-state index in [1.807, 2.05) is 30.0 Å². The number of rotatable bonds is 4.